The molecule has 0 radical (unpaired) electrons. The predicted octanol–water partition coefficient (Wildman–Crippen LogP) is 3.12. The molecule has 0 aromatic rings. The zero-order chi connectivity index (χ0) is 16.4. The minimum atomic E-state index is -3.66. The van der Waals surface area contributed by atoms with Crippen molar-refractivity contribution < 1.29 is 16.8 Å². The van der Waals surface area contributed by atoms with Gasteiger partial charge in [-0.25, -0.2) is 16.8 Å². The molecule has 0 aliphatic heterocycles. The Bertz CT molecular complexity index is 683. The number of sulfone groups is 2. The molecule has 21 heavy (non-hydrogen) atoms. The van der Waals surface area contributed by atoms with Gasteiger partial charge in [0.1, 0.15) is 0 Å². The molecule has 0 heterocycles. The van der Waals surface area contributed by atoms with Crippen molar-refractivity contribution in [1.29, 1.82) is 0 Å². The summed E-state index contributed by atoms with van der Waals surface area (Å²) in [6, 6.07) is 0. The van der Waals surface area contributed by atoms with E-state index >= 15 is 0 Å². The van der Waals surface area contributed by atoms with Crippen molar-refractivity contribution >= 4 is 19.7 Å². The summed E-state index contributed by atoms with van der Waals surface area (Å²) in [5, 5.41) is 0. The van der Waals surface area contributed by atoms with E-state index in [1.54, 1.807) is 41.5 Å². The first kappa shape index (κ1) is 16.7. The van der Waals surface area contributed by atoms with Crippen LogP contribution < -0.4 is 0 Å². The van der Waals surface area contributed by atoms with Gasteiger partial charge in [0.15, 0.2) is 19.7 Å². The summed E-state index contributed by atoms with van der Waals surface area (Å²) in [4.78, 5) is 0.206. The van der Waals surface area contributed by atoms with E-state index in [-0.39, 0.29) is 9.81 Å². The molecule has 1 fully saturated rings. The molecule has 2 rings (SSSR count). The Balaban J connectivity index is 2.74. The monoisotopic (exact) mass is 332 g/mol. The average molecular weight is 332 g/mol. The van der Waals surface area contributed by atoms with Gasteiger partial charge < -0.3 is 0 Å². The van der Waals surface area contributed by atoms with E-state index in [9.17, 15) is 16.8 Å². The molecule has 0 saturated heterocycles. The van der Waals surface area contributed by atoms with Crippen molar-refractivity contribution in [2.24, 2.45) is 0 Å². The van der Waals surface area contributed by atoms with Crippen LogP contribution in [0.4, 0.5) is 0 Å². The van der Waals surface area contributed by atoms with Crippen molar-refractivity contribution in [1.82, 2.24) is 0 Å². The summed E-state index contributed by atoms with van der Waals surface area (Å²) in [7, 11) is -7.31. The first-order valence-corrected chi connectivity index (χ1v) is 10.1. The Morgan fingerprint density at radius 1 is 0.667 bits per heavy atom. The van der Waals surface area contributed by atoms with Gasteiger partial charge in [0, 0.05) is 0 Å². The third-order valence-electron chi connectivity index (χ3n) is 4.15. The van der Waals surface area contributed by atoms with Gasteiger partial charge in [-0.2, -0.15) is 0 Å². The zero-order valence-electron chi connectivity index (χ0n) is 13.6. The highest BCUT2D eigenvalue weighted by Gasteiger charge is 2.49. The van der Waals surface area contributed by atoms with Gasteiger partial charge in [-0.3, -0.25) is 0 Å². The molecule has 2 bridgehead atoms. The topological polar surface area (TPSA) is 68.3 Å². The van der Waals surface area contributed by atoms with Crippen LogP contribution in [0.1, 0.15) is 60.8 Å². The molecule has 0 N–H and O–H groups in total. The van der Waals surface area contributed by atoms with E-state index in [0.29, 0.717) is 19.3 Å². The van der Waals surface area contributed by atoms with Crippen LogP contribution in [0.15, 0.2) is 21.0 Å². The van der Waals surface area contributed by atoms with Crippen LogP contribution in [0, 0.1) is 0 Å². The average Bonchev–Trinajstić information content (AvgIpc) is 2.84. The van der Waals surface area contributed by atoms with Crippen LogP contribution in [0.3, 0.4) is 0 Å². The third-order valence-corrected chi connectivity index (χ3v) is 9.57. The van der Waals surface area contributed by atoms with E-state index in [1.165, 1.54) is 0 Å². The minimum absolute atomic E-state index is 0.103. The van der Waals surface area contributed by atoms with Gasteiger partial charge in [-0.1, -0.05) is 0 Å². The number of hydrogen-bond donors (Lipinski definition) is 0. The molecule has 2 aliphatic carbocycles. The van der Waals surface area contributed by atoms with Gasteiger partial charge >= 0.3 is 0 Å². The van der Waals surface area contributed by atoms with Crippen LogP contribution in [0.25, 0.3) is 0 Å². The third kappa shape index (κ3) is 2.31. The summed E-state index contributed by atoms with van der Waals surface area (Å²) in [6.45, 7) is 9.71. The Morgan fingerprint density at radius 3 is 1.19 bits per heavy atom. The normalized spacial score (nSPS) is 20.7. The first-order chi connectivity index (χ1) is 9.21. The minimum Gasteiger partial charge on any atom is -0.223 e. The molecule has 0 atom stereocenters. The Labute approximate surface area is 128 Å². The summed E-state index contributed by atoms with van der Waals surface area (Å²) in [5.74, 6) is 0. The maximum absolute atomic E-state index is 12.9. The van der Waals surface area contributed by atoms with Gasteiger partial charge in [0.2, 0.25) is 0 Å². The highest BCUT2D eigenvalue weighted by molar-refractivity contribution is 8.01. The SMILES string of the molecule is CC(C)(C)S(=O)(=O)C1=C2CCC(=C1S(=O)(=O)C(C)(C)C)C2. The second-order valence-corrected chi connectivity index (χ2v) is 13.1. The molecule has 2 aliphatic rings. The lowest BCUT2D eigenvalue weighted by Crippen LogP contribution is -2.35. The lowest BCUT2D eigenvalue weighted by atomic mass is 10.2. The number of allylic oxidation sites excluding steroid dienone is 2. The fourth-order valence-corrected chi connectivity index (χ4v) is 6.45. The highest BCUT2D eigenvalue weighted by Crippen LogP contribution is 2.51. The maximum atomic E-state index is 12.9. The molecule has 6 heteroatoms. The molecular formula is C15H24O4S2. The Kier molecular flexibility index (Phi) is 3.54. The quantitative estimate of drug-likeness (QED) is 0.779. The van der Waals surface area contributed by atoms with Crippen LogP contribution in [-0.2, 0) is 19.7 Å². The molecule has 0 aromatic heterocycles. The van der Waals surface area contributed by atoms with Gasteiger partial charge in [-0.05, 0) is 72.0 Å². The van der Waals surface area contributed by atoms with Crippen molar-refractivity contribution in [3.8, 4) is 0 Å². The Morgan fingerprint density at radius 2 is 0.952 bits per heavy atom. The molecule has 120 valence electrons. The van der Waals surface area contributed by atoms with Gasteiger partial charge in [0.25, 0.3) is 0 Å². The molecule has 1 saturated carbocycles. The summed E-state index contributed by atoms with van der Waals surface area (Å²) in [5.41, 5.74) is 1.56. The van der Waals surface area contributed by atoms with Crippen LogP contribution in [0.5, 0.6) is 0 Å². The molecule has 0 unspecified atom stereocenters. The van der Waals surface area contributed by atoms with Crippen molar-refractivity contribution in [2.45, 2.75) is 70.3 Å². The molecule has 0 amide bonds. The van der Waals surface area contributed by atoms with Crippen molar-refractivity contribution in [3.63, 3.8) is 0 Å². The van der Waals surface area contributed by atoms with Gasteiger partial charge in [0.05, 0.1) is 19.3 Å². The second kappa shape index (κ2) is 4.44. The molecule has 4 nitrogen and oxygen atoms in total. The molecular weight excluding hydrogens is 308 g/mol. The lowest BCUT2D eigenvalue weighted by Gasteiger charge is -2.28. The fourth-order valence-electron chi connectivity index (χ4n) is 2.68. The number of fused-ring (bicyclic) bond motifs is 2. The molecule has 0 aromatic carbocycles. The molecule has 0 spiro atoms. The van der Waals surface area contributed by atoms with E-state index in [1.807, 2.05) is 0 Å². The van der Waals surface area contributed by atoms with E-state index < -0.39 is 29.2 Å². The summed E-state index contributed by atoms with van der Waals surface area (Å²) >= 11 is 0. The highest BCUT2D eigenvalue weighted by atomic mass is 32.2. The predicted molar refractivity (Wildman–Crippen MR) is 85.2 cm³/mol. The van der Waals surface area contributed by atoms with E-state index in [2.05, 4.69) is 0 Å². The van der Waals surface area contributed by atoms with Crippen LogP contribution in [-0.4, -0.2) is 26.3 Å². The van der Waals surface area contributed by atoms with E-state index in [0.717, 1.165) is 11.1 Å². The summed E-state index contributed by atoms with van der Waals surface area (Å²) < 4.78 is 49.5. The van der Waals surface area contributed by atoms with Gasteiger partial charge in [-0.15, -0.1) is 0 Å². The summed E-state index contributed by atoms with van der Waals surface area (Å²) in [6.07, 6.45) is 1.85. The number of hydrogen-bond acceptors (Lipinski definition) is 4. The maximum Gasteiger partial charge on any atom is 0.184 e. The Hall–Kier alpha value is -0.620. The first-order valence-electron chi connectivity index (χ1n) is 7.15. The van der Waals surface area contributed by atoms with Crippen molar-refractivity contribution in [2.75, 3.05) is 0 Å². The number of rotatable bonds is 2. The van der Waals surface area contributed by atoms with Crippen LogP contribution >= 0.6 is 0 Å². The smallest absolute Gasteiger partial charge is 0.184 e. The zero-order valence-corrected chi connectivity index (χ0v) is 15.2. The fraction of sp³-hybridized carbons (Fsp3) is 0.733. The largest absolute Gasteiger partial charge is 0.223 e. The van der Waals surface area contributed by atoms with Crippen LogP contribution in [0.2, 0.25) is 0 Å². The second-order valence-electron chi connectivity index (χ2n) is 7.77. The van der Waals surface area contributed by atoms with Crippen molar-refractivity contribution in [3.05, 3.63) is 21.0 Å². The lowest BCUT2D eigenvalue weighted by molar-refractivity contribution is 0.561. The standard InChI is InChI=1S/C15H24O4S2/c1-14(2,3)20(16,17)12-10-7-8-11(9-10)13(12)21(18,19)15(4,5)6/h7-9H2,1-6H3. The van der Waals surface area contributed by atoms with E-state index in [4.69, 9.17) is 0 Å².